The van der Waals surface area contributed by atoms with Crippen molar-refractivity contribution in [3.8, 4) is 0 Å². The van der Waals surface area contributed by atoms with Crippen molar-refractivity contribution in [1.82, 2.24) is 5.32 Å². The van der Waals surface area contributed by atoms with Crippen LogP contribution in [0.25, 0.3) is 0 Å². The van der Waals surface area contributed by atoms with E-state index >= 15 is 0 Å². The molecule has 1 aliphatic heterocycles. The molecule has 1 rings (SSSR count). The topological polar surface area (TPSA) is 29.1 Å². The molecule has 0 aliphatic carbocycles. The van der Waals surface area contributed by atoms with Gasteiger partial charge in [0.2, 0.25) is 0 Å². The van der Waals surface area contributed by atoms with Crippen LogP contribution >= 0.6 is 0 Å². The molecule has 68 valence electrons. The van der Waals surface area contributed by atoms with Crippen LogP contribution in [0.1, 0.15) is 32.6 Å². The first kappa shape index (κ1) is 9.30. The summed E-state index contributed by atoms with van der Waals surface area (Å²) in [5, 5.41) is 3.11. The van der Waals surface area contributed by atoms with Gasteiger partial charge in [0.25, 0.3) is 0 Å². The summed E-state index contributed by atoms with van der Waals surface area (Å²) in [5.74, 6) is 0.618. The summed E-state index contributed by atoms with van der Waals surface area (Å²) in [4.78, 5) is 11.5. The van der Waals surface area contributed by atoms with Crippen LogP contribution in [0.15, 0.2) is 12.3 Å². The van der Waals surface area contributed by atoms with Gasteiger partial charge in [-0.2, -0.15) is 0 Å². The molecule has 1 aliphatic rings. The van der Waals surface area contributed by atoms with Crippen molar-refractivity contribution < 1.29 is 4.79 Å². The maximum Gasteiger partial charge on any atom is 0.138 e. The van der Waals surface area contributed by atoms with E-state index in [0.29, 0.717) is 5.78 Å². The van der Waals surface area contributed by atoms with Crippen LogP contribution in [0, 0.1) is 5.92 Å². The zero-order valence-electron chi connectivity index (χ0n) is 7.73. The van der Waals surface area contributed by atoms with E-state index in [2.05, 4.69) is 18.8 Å². The van der Waals surface area contributed by atoms with E-state index in [9.17, 15) is 4.79 Å². The number of unbranched alkanes of at least 4 members (excludes halogenated alkanes) is 1. The fourth-order valence-corrected chi connectivity index (χ4v) is 1.49. The molecule has 2 heteroatoms. The van der Waals surface area contributed by atoms with Gasteiger partial charge in [0.1, 0.15) is 5.78 Å². The standard InChI is InChI=1S/C10H17NO/c1-3-4-5-10(12)9-6-8(2)11-7-9/h9,11H,2-7H2,1H3/t9-/m1/s1. The number of carbonyl (C=O) groups excluding carboxylic acids is 1. The van der Waals surface area contributed by atoms with Gasteiger partial charge in [0.05, 0.1) is 0 Å². The number of rotatable bonds is 4. The number of ketones is 1. The first-order chi connectivity index (χ1) is 5.74. The Kier molecular flexibility index (Phi) is 3.32. The van der Waals surface area contributed by atoms with Gasteiger partial charge in [-0.3, -0.25) is 4.79 Å². The highest BCUT2D eigenvalue weighted by Crippen LogP contribution is 2.18. The van der Waals surface area contributed by atoms with E-state index in [4.69, 9.17) is 0 Å². The minimum Gasteiger partial charge on any atom is -0.388 e. The third kappa shape index (κ3) is 2.36. The zero-order chi connectivity index (χ0) is 8.97. The number of allylic oxidation sites excluding steroid dienone is 1. The van der Waals surface area contributed by atoms with E-state index in [1.807, 2.05) is 0 Å². The smallest absolute Gasteiger partial charge is 0.138 e. The molecule has 0 aromatic heterocycles. The lowest BCUT2D eigenvalue weighted by atomic mass is 9.98. The minimum atomic E-state index is 0.212. The van der Waals surface area contributed by atoms with Crippen molar-refractivity contribution in [2.75, 3.05) is 6.54 Å². The molecular weight excluding hydrogens is 150 g/mol. The number of carbonyl (C=O) groups is 1. The molecule has 1 fully saturated rings. The summed E-state index contributed by atoms with van der Waals surface area (Å²) in [6.07, 6.45) is 3.73. The van der Waals surface area contributed by atoms with Gasteiger partial charge in [-0.1, -0.05) is 19.9 Å². The normalized spacial score (nSPS) is 22.4. The third-order valence-electron chi connectivity index (χ3n) is 2.32. The molecule has 12 heavy (non-hydrogen) atoms. The lowest BCUT2D eigenvalue weighted by Gasteiger charge is -2.04. The monoisotopic (exact) mass is 167 g/mol. The Morgan fingerprint density at radius 3 is 3.00 bits per heavy atom. The maximum atomic E-state index is 11.5. The average Bonchev–Trinajstić information content (AvgIpc) is 2.47. The molecule has 1 saturated heterocycles. The molecule has 1 heterocycles. The van der Waals surface area contributed by atoms with Gasteiger partial charge in [-0.05, 0) is 12.8 Å². The number of Topliss-reactive ketones (excluding diaryl/α,β-unsaturated/α-hetero) is 1. The van der Waals surface area contributed by atoms with E-state index in [0.717, 1.165) is 37.9 Å². The van der Waals surface area contributed by atoms with E-state index < -0.39 is 0 Å². The highest BCUT2D eigenvalue weighted by molar-refractivity contribution is 5.81. The summed E-state index contributed by atoms with van der Waals surface area (Å²) >= 11 is 0. The molecule has 0 amide bonds. The second-order valence-electron chi connectivity index (χ2n) is 3.46. The fourth-order valence-electron chi connectivity index (χ4n) is 1.49. The van der Waals surface area contributed by atoms with E-state index in [-0.39, 0.29) is 5.92 Å². The summed E-state index contributed by atoms with van der Waals surface area (Å²) in [7, 11) is 0. The van der Waals surface area contributed by atoms with E-state index in [1.165, 1.54) is 0 Å². The average molecular weight is 167 g/mol. The quantitative estimate of drug-likeness (QED) is 0.692. The molecule has 1 atom stereocenters. The lowest BCUT2D eigenvalue weighted by molar-refractivity contribution is -0.122. The number of nitrogens with one attached hydrogen (secondary N) is 1. The van der Waals surface area contributed by atoms with Crippen molar-refractivity contribution in [3.05, 3.63) is 12.3 Å². The number of hydrogen-bond acceptors (Lipinski definition) is 2. The molecule has 0 bridgehead atoms. The van der Waals surface area contributed by atoms with Crippen molar-refractivity contribution in [3.63, 3.8) is 0 Å². The summed E-state index contributed by atoms with van der Waals surface area (Å²) < 4.78 is 0. The van der Waals surface area contributed by atoms with Crippen LogP contribution in [-0.2, 0) is 4.79 Å². The predicted molar refractivity (Wildman–Crippen MR) is 49.8 cm³/mol. The van der Waals surface area contributed by atoms with Gasteiger partial charge in [0.15, 0.2) is 0 Å². The van der Waals surface area contributed by atoms with Crippen LogP contribution in [0.3, 0.4) is 0 Å². The number of hydrogen-bond donors (Lipinski definition) is 1. The maximum absolute atomic E-state index is 11.5. The fraction of sp³-hybridized carbons (Fsp3) is 0.700. The molecule has 0 radical (unpaired) electrons. The highest BCUT2D eigenvalue weighted by Gasteiger charge is 2.23. The third-order valence-corrected chi connectivity index (χ3v) is 2.32. The summed E-state index contributed by atoms with van der Waals surface area (Å²) in [5.41, 5.74) is 1.02. The van der Waals surface area contributed by atoms with Crippen LogP contribution in [0.2, 0.25) is 0 Å². The first-order valence-corrected chi connectivity index (χ1v) is 4.68. The van der Waals surface area contributed by atoms with Crippen LogP contribution < -0.4 is 5.32 Å². The van der Waals surface area contributed by atoms with Crippen molar-refractivity contribution in [2.45, 2.75) is 32.6 Å². The predicted octanol–water partition coefficient (Wildman–Crippen LogP) is 1.87. The molecule has 0 spiro atoms. The zero-order valence-corrected chi connectivity index (χ0v) is 7.73. The van der Waals surface area contributed by atoms with Crippen molar-refractivity contribution in [1.29, 1.82) is 0 Å². The summed E-state index contributed by atoms with van der Waals surface area (Å²) in [6, 6.07) is 0. The minimum absolute atomic E-state index is 0.212. The molecular formula is C10H17NO. The highest BCUT2D eigenvalue weighted by atomic mass is 16.1. The van der Waals surface area contributed by atoms with Crippen molar-refractivity contribution >= 4 is 5.78 Å². The Morgan fingerprint density at radius 2 is 2.50 bits per heavy atom. The Hall–Kier alpha value is -0.790. The molecule has 0 saturated carbocycles. The molecule has 2 nitrogen and oxygen atoms in total. The summed E-state index contributed by atoms with van der Waals surface area (Å²) in [6.45, 7) is 6.72. The SMILES string of the molecule is C=C1C[C@@H](C(=O)CCCC)CN1. The van der Waals surface area contributed by atoms with Gasteiger partial charge in [-0.15, -0.1) is 0 Å². The Labute approximate surface area is 74.0 Å². The van der Waals surface area contributed by atoms with Gasteiger partial charge in [0, 0.05) is 24.6 Å². The van der Waals surface area contributed by atoms with Crippen LogP contribution in [0.4, 0.5) is 0 Å². The largest absolute Gasteiger partial charge is 0.388 e. The van der Waals surface area contributed by atoms with E-state index in [1.54, 1.807) is 0 Å². The molecule has 0 unspecified atom stereocenters. The van der Waals surface area contributed by atoms with Gasteiger partial charge < -0.3 is 5.32 Å². The molecule has 0 aromatic carbocycles. The Balaban J connectivity index is 2.28. The van der Waals surface area contributed by atoms with Gasteiger partial charge in [-0.25, -0.2) is 0 Å². The van der Waals surface area contributed by atoms with Crippen LogP contribution in [-0.4, -0.2) is 12.3 Å². The first-order valence-electron chi connectivity index (χ1n) is 4.68. The lowest BCUT2D eigenvalue weighted by Crippen LogP contribution is -2.17. The molecule has 1 N–H and O–H groups in total. The van der Waals surface area contributed by atoms with Gasteiger partial charge >= 0.3 is 0 Å². The second kappa shape index (κ2) is 4.29. The Morgan fingerprint density at radius 1 is 1.75 bits per heavy atom. The molecule has 0 aromatic rings. The van der Waals surface area contributed by atoms with Crippen LogP contribution in [0.5, 0.6) is 0 Å². The second-order valence-corrected chi connectivity index (χ2v) is 3.46. The Bertz CT molecular complexity index is 186. The van der Waals surface area contributed by atoms with Crippen molar-refractivity contribution in [2.24, 2.45) is 5.92 Å².